The number of nitrogens with one attached hydrogen (secondary N) is 1. The molecule has 0 aliphatic heterocycles. The van der Waals surface area contributed by atoms with Crippen molar-refractivity contribution < 1.29 is 4.74 Å². The van der Waals surface area contributed by atoms with Crippen molar-refractivity contribution in [1.29, 1.82) is 0 Å². The number of fused-ring (bicyclic) bond motifs is 1. The smallest absolute Gasteiger partial charge is 0.182 e. The Kier molecular flexibility index (Phi) is 5.45. The van der Waals surface area contributed by atoms with E-state index in [1.54, 1.807) is 11.3 Å². The van der Waals surface area contributed by atoms with E-state index in [0.717, 1.165) is 28.5 Å². The summed E-state index contributed by atoms with van der Waals surface area (Å²) in [6.07, 6.45) is 8.48. The van der Waals surface area contributed by atoms with Crippen LogP contribution in [0.5, 0.6) is 5.75 Å². The molecule has 1 N–H and O–H groups in total. The molecule has 0 unspecified atom stereocenters. The highest BCUT2D eigenvalue weighted by atomic mass is 32.1. The second kappa shape index (κ2) is 8.52. The maximum absolute atomic E-state index is 6.20. The van der Waals surface area contributed by atoms with Crippen molar-refractivity contribution in [3.8, 4) is 16.3 Å². The van der Waals surface area contributed by atoms with Crippen LogP contribution in [0.2, 0.25) is 0 Å². The SMILES string of the molecule is Cc1ccsc1-c1nc2c(OCc3ccccc3)cccn2c1NC1CCCCC1. The fourth-order valence-electron chi connectivity index (χ4n) is 4.24. The molecule has 0 atom stereocenters. The topological polar surface area (TPSA) is 38.6 Å². The minimum atomic E-state index is 0.506. The second-order valence-electron chi connectivity index (χ2n) is 8.06. The standard InChI is InChI=1S/C25H27N3OS/c1-18-14-16-30-23(18)22-25(26-20-11-6-3-7-12-20)28-15-8-13-21(24(28)27-22)29-17-19-9-4-2-5-10-19/h2,4-5,8-10,13-16,20,26H,3,6-7,11-12,17H2,1H3. The number of rotatable bonds is 6. The highest BCUT2D eigenvalue weighted by molar-refractivity contribution is 7.13. The van der Waals surface area contributed by atoms with Crippen LogP contribution < -0.4 is 10.1 Å². The van der Waals surface area contributed by atoms with Gasteiger partial charge in [-0.05, 0) is 54.5 Å². The van der Waals surface area contributed by atoms with Gasteiger partial charge < -0.3 is 10.1 Å². The number of aromatic nitrogens is 2. The summed E-state index contributed by atoms with van der Waals surface area (Å²) in [6, 6.07) is 17.0. The molecule has 4 aromatic rings. The Morgan fingerprint density at radius 3 is 2.67 bits per heavy atom. The molecule has 5 rings (SSSR count). The number of ether oxygens (including phenoxy) is 1. The molecule has 3 aromatic heterocycles. The minimum Gasteiger partial charge on any atom is -0.485 e. The number of nitrogens with zero attached hydrogens (tertiary/aromatic N) is 2. The van der Waals surface area contributed by atoms with Gasteiger partial charge >= 0.3 is 0 Å². The van der Waals surface area contributed by atoms with E-state index in [4.69, 9.17) is 9.72 Å². The van der Waals surface area contributed by atoms with Crippen LogP contribution in [0.1, 0.15) is 43.2 Å². The van der Waals surface area contributed by atoms with Gasteiger partial charge in [-0.3, -0.25) is 4.40 Å². The molecule has 1 aliphatic rings. The first-order chi connectivity index (χ1) is 14.8. The molecule has 0 saturated heterocycles. The number of benzene rings is 1. The van der Waals surface area contributed by atoms with Crippen LogP contribution in [0.3, 0.4) is 0 Å². The quantitative estimate of drug-likeness (QED) is 0.380. The Bertz CT molecular complexity index is 1130. The monoisotopic (exact) mass is 417 g/mol. The predicted octanol–water partition coefficient (Wildman–Crippen LogP) is 6.69. The van der Waals surface area contributed by atoms with Gasteiger partial charge in [-0.25, -0.2) is 4.98 Å². The normalized spacial score (nSPS) is 14.8. The summed E-state index contributed by atoms with van der Waals surface area (Å²) in [5.74, 6) is 1.90. The molecule has 1 saturated carbocycles. The Hall–Kier alpha value is -2.79. The number of aryl methyl sites for hydroxylation is 1. The third-order valence-electron chi connectivity index (χ3n) is 5.87. The number of imidazole rings is 1. The molecule has 1 fully saturated rings. The van der Waals surface area contributed by atoms with Gasteiger partial charge in [-0.1, -0.05) is 49.6 Å². The highest BCUT2D eigenvalue weighted by Crippen LogP contribution is 2.38. The van der Waals surface area contributed by atoms with Crippen LogP contribution >= 0.6 is 11.3 Å². The van der Waals surface area contributed by atoms with E-state index in [2.05, 4.69) is 46.4 Å². The lowest BCUT2D eigenvalue weighted by Gasteiger charge is -2.24. The zero-order valence-corrected chi connectivity index (χ0v) is 18.1. The fourth-order valence-corrected chi connectivity index (χ4v) is 5.16. The van der Waals surface area contributed by atoms with Crippen LogP contribution in [0, 0.1) is 6.92 Å². The number of hydrogen-bond donors (Lipinski definition) is 1. The van der Waals surface area contributed by atoms with Crippen molar-refractivity contribution in [1.82, 2.24) is 9.38 Å². The first kappa shape index (κ1) is 19.2. The number of anilines is 1. The molecule has 1 aliphatic carbocycles. The Morgan fingerprint density at radius 1 is 1.07 bits per heavy atom. The number of hydrogen-bond acceptors (Lipinski definition) is 4. The maximum Gasteiger partial charge on any atom is 0.182 e. The molecule has 0 amide bonds. The molecular weight excluding hydrogens is 390 g/mol. The summed E-state index contributed by atoms with van der Waals surface area (Å²) >= 11 is 1.75. The number of pyridine rings is 1. The lowest BCUT2D eigenvalue weighted by atomic mass is 9.95. The van der Waals surface area contributed by atoms with Gasteiger partial charge in [-0.15, -0.1) is 11.3 Å². The van der Waals surface area contributed by atoms with Gasteiger partial charge in [0.25, 0.3) is 0 Å². The van der Waals surface area contributed by atoms with Crippen molar-refractivity contribution >= 4 is 22.8 Å². The van der Waals surface area contributed by atoms with Crippen LogP contribution in [0.15, 0.2) is 60.1 Å². The lowest BCUT2D eigenvalue weighted by Crippen LogP contribution is -2.23. The van der Waals surface area contributed by atoms with E-state index < -0.39 is 0 Å². The fraction of sp³-hybridized carbons (Fsp3) is 0.320. The molecule has 3 heterocycles. The summed E-state index contributed by atoms with van der Waals surface area (Å²) in [5.41, 5.74) is 4.32. The molecule has 0 radical (unpaired) electrons. The van der Waals surface area contributed by atoms with E-state index in [9.17, 15) is 0 Å². The van der Waals surface area contributed by atoms with Gasteiger partial charge in [-0.2, -0.15) is 0 Å². The summed E-state index contributed by atoms with van der Waals surface area (Å²) < 4.78 is 8.37. The van der Waals surface area contributed by atoms with E-state index in [1.165, 1.54) is 42.5 Å². The zero-order chi connectivity index (χ0) is 20.3. The zero-order valence-electron chi connectivity index (χ0n) is 17.3. The first-order valence-corrected chi connectivity index (χ1v) is 11.7. The third kappa shape index (κ3) is 3.82. The van der Waals surface area contributed by atoms with Crippen molar-refractivity contribution in [3.05, 3.63) is 71.2 Å². The molecule has 0 bridgehead atoms. The van der Waals surface area contributed by atoms with E-state index in [0.29, 0.717) is 12.6 Å². The Balaban J connectivity index is 1.54. The summed E-state index contributed by atoms with van der Waals surface area (Å²) in [5, 5.41) is 5.99. The molecule has 5 heteroatoms. The van der Waals surface area contributed by atoms with Crippen LogP contribution in [-0.4, -0.2) is 15.4 Å². The van der Waals surface area contributed by atoms with Crippen molar-refractivity contribution in [3.63, 3.8) is 0 Å². The summed E-state index contributed by atoms with van der Waals surface area (Å²) in [7, 11) is 0. The molecule has 154 valence electrons. The lowest BCUT2D eigenvalue weighted by molar-refractivity contribution is 0.308. The van der Waals surface area contributed by atoms with Crippen molar-refractivity contribution in [2.45, 2.75) is 51.7 Å². The first-order valence-electron chi connectivity index (χ1n) is 10.8. The van der Waals surface area contributed by atoms with Gasteiger partial charge in [0.15, 0.2) is 11.4 Å². The van der Waals surface area contributed by atoms with Crippen LogP contribution in [0.25, 0.3) is 16.2 Å². The van der Waals surface area contributed by atoms with E-state index in [1.807, 2.05) is 30.3 Å². The van der Waals surface area contributed by atoms with Gasteiger partial charge in [0.05, 0.1) is 4.88 Å². The minimum absolute atomic E-state index is 0.506. The van der Waals surface area contributed by atoms with Gasteiger partial charge in [0.1, 0.15) is 18.1 Å². The maximum atomic E-state index is 6.20. The molecular formula is C25H27N3OS. The highest BCUT2D eigenvalue weighted by Gasteiger charge is 2.22. The molecule has 0 spiro atoms. The largest absolute Gasteiger partial charge is 0.485 e. The third-order valence-corrected chi connectivity index (χ3v) is 6.90. The van der Waals surface area contributed by atoms with Crippen molar-refractivity contribution in [2.75, 3.05) is 5.32 Å². The Morgan fingerprint density at radius 2 is 1.90 bits per heavy atom. The van der Waals surface area contributed by atoms with Gasteiger partial charge in [0.2, 0.25) is 0 Å². The molecule has 4 nitrogen and oxygen atoms in total. The summed E-state index contributed by atoms with van der Waals surface area (Å²) in [4.78, 5) is 6.31. The van der Waals surface area contributed by atoms with Crippen LogP contribution in [0.4, 0.5) is 5.82 Å². The number of thiophene rings is 1. The van der Waals surface area contributed by atoms with Gasteiger partial charge in [0, 0.05) is 12.2 Å². The van der Waals surface area contributed by atoms with Crippen molar-refractivity contribution in [2.24, 2.45) is 0 Å². The Labute approximate surface area is 181 Å². The average molecular weight is 418 g/mol. The molecule has 30 heavy (non-hydrogen) atoms. The van der Waals surface area contributed by atoms with E-state index >= 15 is 0 Å². The second-order valence-corrected chi connectivity index (χ2v) is 8.98. The van der Waals surface area contributed by atoms with Crippen LogP contribution in [-0.2, 0) is 6.61 Å². The summed E-state index contributed by atoms with van der Waals surface area (Å²) in [6.45, 7) is 2.69. The van der Waals surface area contributed by atoms with E-state index in [-0.39, 0.29) is 0 Å². The predicted molar refractivity (Wildman–Crippen MR) is 125 cm³/mol. The average Bonchev–Trinajstić information content (AvgIpc) is 3.37. The molecule has 1 aromatic carbocycles.